The second-order valence-corrected chi connectivity index (χ2v) is 3.98. The Hall–Kier alpha value is -1.88. The van der Waals surface area contributed by atoms with Crippen LogP contribution in [0.3, 0.4) is 0 Å². The van der Waals surface area contributed by atoms with Gasteiger partial charge < -0.3 is 19.5 Å². The molecule has 0 aliphatic carbocycles. The summed E-state index contributed by atoms with van der Waals surface area (Å²) in [5, 5.41) is 10.1. The molecule has 0 bridgehead atoms. The molecule has 0 aromatic heterocycles. The van der Waals surface area contributed by atoms with Crippen LogP contribution in [0.5, 0.6) is 0 Å². The molecule has 1 aromatic carbocycles. The van der Waals surface area contributed by atoms with E-state index in [-0.39, 0.29) is 11.5 Å². The second-order valence-electron chi connectivity index (χ2n) is 3.98. The van der Waals surface area contributed by atoms with Crippen molar-refractivity contribution in [3.05, 3.63) is 35.9 Å². The molecule has 0 saturated carbocycles. The average molecular weight is 251 g/mol. The Morgan fingerprint density at radius 1 is 1.28 bits per heavy atom. The Kier molecular flexibility index (Phi) is 5.87. The summed E-state index contributed by atoms with van der Waals surface area (Å²) in [7, 11) is 1.43. The maximum Gasteiger partial charge on any atom is 0.311 e. The maximum absolute atomic E-state index is 10.5. The van der Waals surface area contributed by atoms with Crippen LogP contribution >= 0.6 is 0 Å². The third kappa shape index (κ3) is 6.00. The highest BCUT2D eigenvalue weighted by atomic mass is 16.5. The van der Waals surface area contributed by atoms with Crippen molar-refractivity contribution in [3.63, 3.8) is 0 Å². The monoisotopic (exact) mass is 251 g/mol. The molecule has 1 aromatic rings. The van der Waals surface area contributed by atoms with Gasteiger partial charge in [-0.1, -0.05) is 30.3 Å². The molecule has 1 fully saturated rings. The van der Waals surface area contributed by atoms with Gasteiger partial charge in [0.15, 0.2) is 0 Å². The SMILES string of the molecule is COC(=O)CC[NH+]1CC1.O=C([O-])c1ccccc1. The molecule has 1 N–H and O–H groups in total. The second kappa shape index (κ2) is 7.45. The number of carboxylic acids is 1. The molecule has 1 aliphatic rings. The zero-order valence-corrected chi connectivity index (χ0v) is 10.3. The van der Waals surface area contributed by atoms with Gasteiger partial charge in [0.2, 0.25) is 0 Å². The number of benzene rings is 1. The van der Waals surface area contributed by atoms with Gasteiger partial charge >= 0.3 is 5.97 Å². The first kappa shape index (κ1) is 14.2. The first-order chi connectivity index (χ1) is 8.63. The van der Waals surface area contributed by atoms with Crippen LogP contribution in [0.4, 0.5) is 0 Å². The molecular weight excluding hydrogens is 234 g/mol. The number of carboxylic acid groups (broad SMARTS) is 1. The average Bonchev–Trinajstić information content (AvgIpc) is 3.22. The van der Waals surface area contributed by atoms with E-state index in [2.05, 4.69) is 4.74 Å². The molecule has 0 amide bonds. The predicted molar refractivity (Wildman–Crippen MR) is 63.0 cm³/mol. The minimum atomic E-state index is -1.13. The lowest BCUT2D eigenvalue weighted by molar-refractivity contribution is -0.757. The normalized spacial score (nSPS) is 13.2. The van der Waals surface area contributed by atoms with Crippen LogP contribution in [0, 0.1) is 0 Å². The lowest BCUT2D eigenvalue weighted by Crippen LogP contribution is -2.92. The first-order valence-electron chi connectivity index (χ1n) is 5.80. The van der Waals surface area contributed by atoms with Gasteiger partial charge in [-0.05, 0) is 5.56 Å². The van der Waals surface area contributed by atoms with Gasteiger partial charge in [-0.15, -0.1) is 0 Å². The van der Waals surface area contributed by atoms with E-state index in [1.54, 1.807) is 18.2 Å². The van der Waals surface area contributed by atoms with Gasteiger partial charge in [0.05, 0.1) is 26.0 Å². The topological polar surface area (TPSA) is 70.9 Å². The summed E-state index contributed by atoms with van der Waals surface area (Å²) in [6, 6.07) is 8.06. The minimum absolute atomic E-state index is 0.0885. The number of hydrogen-bond donors (Lipinski definition) is 1. The number of carbonyl (C=O) groups is 2. The zero-order chi connectivity index (χ0) is 13.4. The number of rotatable bonds is 4. The summed E-state index contributed by atoms with van der Waals surface area (Å²) in [4.78, 5) is 22.1. The minimum Gasteiger partial charge on any atom is -0.545 e. The summed E-state index contributed by atoms with van der Waals surface area (Å²) >= 11 is 0. The van der Waals surface area contributed by atoms with Crippen LogP contribution in [0.2, 0.25) is 0 Å². The third-order valence-corrected chi connectivity index (χ3v) is 2.52. The van der Waals surface area contributed by atoms with E-state index in [1.807, 2.05) is 0 Å². The van der Waals surface area contributed by atoms with Gasteiger partial charge in [0, 0.05) is 0 Å². The summed E-state index contributed by atoms with van der Waals surface area (Å²) in [5.74, 6) is -1.22. The third-order valence-electron chi connectivity index (χ3n) is 2.52. The molecular formula is C13H17NO4. The molecule has 98 valence electrons. The highest BCUT2D eigenvalue weighted by Crippen LogP contribution is 1.94. The summed E-state index contributed by atoms with van der Waals surface area (Å²) in [6.45, 7) is 3.42. The summed E-state index contributed by atoms with van der Waals surface area (Å²) in [5.41, 5.74) is 0.220. The van der Waals surface area contributed by atoms with Crippen LogP contribution in [0.1, 0.15) is 16.8 Å². The first-order valence-corrected chi connectivity index (χ1v) is 5.80. The molecule has 1 aliphatic heterocycles. The highest BCUT2D eigenvalue weighted by Gasteiger charge is 2.23. The van der Waals surface area contributed by atoms with Gasteiger partial charge in [-0.3, -0.25) is 4.79 Å². The Balaban J connectivity index is 0.000000180. The standard InChI is InChI=1S/C7H6O2.C6H11NO2/c8-7(9)6-4-2-1-3-5-6;1-9-6(8)2-3-7-4-5-7/h1-5H,(H,8,9);2-5H2,1H3. The van der Waals surface area contributed by atoms with Gasteiger partial charge in [0.1, 0.15) is 13.1 Å². The summed E-state index contributed by atoms with van der Waals surface area (Å²) < 4.78 is 4.48. The van der Waals surface area contributed by atoms with Crippen LogP contribution < -0.4 is 10.0 Å². The maximum atomic E-state index is 10.5. The fourth-order valence-corrected chi connectivity index (χ4v) is 1.29. The number of ether oxygens (including phenoxy) is 1. The molecule has 2 rings (SSSR count). The van der Waals surface area contributed by atoms with Crippen LogP contribution in [0.25, 0.3) is 0 Å². The van der Waals surface area contributed by atoms with Crippen molar-refractivity contribution in [2.24, 2.45) is 0 Å². The number of methoxy groups -OCH3 is 1. The molecule has 1 heterocycles. The lowest BCUT2D eigenvalue weighted by atomic mass is 10.2. The number of aromatic carboxylic acids is 1. The van der Waals surface area contributed by atoms with E-state index in [9.17, 15) is 14.7 Å². The molecule has 0 atom stereocenters. The highest BCUT2D eigenvalue weighted by molar-refractivity contribution is 5.85. The number of nitrogens with one attached hydrogen (secondary N) is 1. The van der Waals surface area contributed by atoms with Crippen LogP contribution in [-0.2, 0) is 9.53 Å². The van der Waals surface area contributed by atoms with E-state index in [0.717, 1.165) is 6.54 Å². The van der Waals surface area contributed by atoms with Gasteiger partial charge in [0.25, 0.3) is 0 Å². The van der Waals surface area contributed by atoms with E-state index in [1.165, 1.54) is 37.2 Å². The molecule has 5 nitrogen and oxygen atoms in total. The lowest BCUT2D eigenvalue weighted by Gasteiger charge is -1.97. The predicted octanol–water partition coefficient (Wildman–Crippen LogP) is -1.50. The molecule has 18 heavy (non-hydrogen) atoms. The fraction of sp³-hybridized carbons (Fsp3) is 0.385. The van der Waals surface area contributed by atoms with E-state index >= 15 is 0 Å². The number of carbonyl (C=O) groups excluding carboxylic acids is 2. The van der Waals surface area contributed by atoms with Crippen molar-refractivity contribution >= 4 is 11.9 Å². The van der Waals surface area contributed by atoms with Crippen LogP contribution in [0.15, 0.2) is 30.3 Å². The Labute approximate surface area is 106 Å². The largest absolute Gasteiger partial charge is 0.545 e. The number of hydrogen-bond acceptors (Lipinski definition) is 4. The number of quaternary nitrogens is 1. The van der Waals surface area contributed by atoms with Gasteiger partial charge in [-0.2, -0.15) is 0 Å². The smallest absolute Gasteiger partial charge is 0.311 e. The van der Waals surface area contributed by atoms with Crippen molar-refractivity contribution < 1.29 is 24.3 Å². The van der Waals surface area contributed by atoms with E-state index in [4.69, 9.17) is 0 Å². The van der Waals surface area contributed by atoms with Crippen molar-refractivity contribution in [1.82, 2.24) is 0 Å². The van der Waals surface area contributed by atoms with Crippen molar-refractivity contribution in [3.8, 4) is 0 Å². The Morgan fingerprint density at radius 2 is 1.89 bits per heavy atom. The molecule has 5 heteroatoms. The van der Waals surface area contributed by atoms with Crippen molar-refractivity contribution in [1.29, 1.82) is 0 Å². The van der Waals surface area contributed by atoms with E-state index < -0.39 is 5.97 Å². The fourth-order valence-electron chi connectivity index (χ4n) is 1.29. The van der Waals surface area contributed by atoms with Gasteiger partial charge in [-0.25, -0.2) is 0 Å². The molecule has 0 unspecified atom stereocenters. The Bertz CT molecular complexity index is 387. The number of esters is 1. The quantitative estimate of drug-likeness (QED) is 0.522. The molecule has 0 radical (unpaired) electrons. The van der Waals surface area contributed by atoms with Crippen molar-refractivity contribution in [2.45, 2.75) is 6.42 Å². The molecule has 0 spiro atoms. The molecule has 1 saturated heterocycles. The summed E-state index contributed by atoms with van der Waals surface area (Å²) in [6.07, 6.45) is 0.575. The zero-order valence-electron chi connectivity index (χ0n) is 10.3. The van der Waals surface area contributed by atoms with Crippen molar-refractivity contribution in [2.75, 3.05) is 26.7 Å². The van der Waals surface area contributed by atoms with E-state index in [0.29, 0.717) is 6.42 Å². The Morgan fingerprint density at radius 3 is 2.28 bits per heavy atom. The van der Waals surface area contributed by atoms with Crippen LogP contribution in [-0.4, -0.2) is 38.7 Å².